The number of nitriles is 1. The van der Waals surface area contributed by atoms with Crippen LogP contribution in [0, 0.1) is 11.3 Å². The molecule has 0 aliphatic heterocycles. The number of hydrogen-bond donors (Lipinski definition) is 1. The highest BCUT2D eigenvalue weighted by molar-refractivity contribution is 5.94. The number of ether oxygens (including phenoxy) is 1. The second-order valence-electron chi connectivity index (χ2n) is 7.96. The maximum absolute atomic E-state index is 12.8. The van der Waals surface area contributed by atoms with E-state index >= 15 is 0 Å². The molecule has 1 fully saturated rings. The van der Waals surface area contributed by atoms with Crippen molar-refractivity contribution in [2.24, 2.45) is 0 Å². The number of hydrogen-bond acceptors (Lipinski definition) is 6. The third-order valence-electron chi connectivity index (χ3n) is 5.86. The van der Waals surface area contributed by atoms with E-state index in [1.807, 2.05) is 30.3 Å². The van der Waals surface area contributed by atoms with Gasteiger partial charge in [0.15, 0.2) is 12.4 Å². The Labute approximate surface area is 187 Å². The Morgan fingerprint density at radius 3 is 2.50 bits per heavy atom. The van der Waals surface area contributed by atoms with Crippen LogP contribution >= 0.6 is 0 Å². The largest absolute Gasteiger partial charge is 0.459 e. The summed E-state index contributed by atoms with van der Waals surface area (Å²) in [6.45, 7) is -0.499. The number of amides is 2. The molecule has 1 atom stereocenters. The van der Waals surface area contributed by atoms with Crippen molar-refractivity contribution in [2.75, 3.05) is 13.7 Å². The summed E-state index contributed by atoms with van der Waals surface area (Å²) in [4.78, 5) is 39.3. The van der Waals surface area contributed by atoms with Gasteiger partial charge in [-0.1, -0.05) is 49.6 Å². The van der Waals surface area contributed by atoms with Crippen LogP contribution in [0.3, 0.4) is 0 Å². The van der Waals surface area contributed by atoms with Crippen molar-refractivity contribution < 1.29 is 23.5 Å². The van der Waals surface area contributed by atoms with Gasteiger partial charge in [-0.25, -0.2) is 4.79 Å². The molecule has 1 heterocycles. The highest BCUT2D eigenvalue weighted by Crippen LogP contribution is 2.32. The van der Waals surface area contributed by atoms with E-state index in [1.54, 1.807) is 13.1 Å². The van der Waals surface area contributed by atoms with Gasteiger partial charge in [0, 0.05) is 13.5 Å². The molecular weight excluding hydrogens is 410 g/mol. The van der Waals surface area contributed by atoms with Crippen molar-refractivity contribution in [3.8, 4) is 6.07 Å². The predicted molar refractivity (Wildman–Crippen MR) is 115 cm³/mol. The zero-order valence-electron chi connectivity index (χ0n) is 18.1. The highest BCUT2D eigenvalue weighted by atomic mass is 16.5. The van der Waals surface area contributed by atoms with E-state index in [2.05, 4.69) is 11.4 Å². The van der Waals surface area contributed by atoms with E-state index < -0.39 is 36.0 Å². The molecule has 168 valence electrons. The van der Waals surface area contributed by atoms with E-state index in [4.69, 9.17) is 9.15 Å². The molecule has 1 aromatic heterocycles. The molecule has 0 bridgehead atoms. The quantitative estimate of drug-likeness (QED) is 0.636. The summed E-state index contributed by atoms with van der Waals surface area (Å²) in [5.74, 6) is -1.66. The lowest BCUT2D eigenvalue weighted by Gasteiger charge is -2.38. The van der Waals surface area contributed by atoms with Crippen molar-refractivity contribution >= 4 is 17.8 Å². The molecule has 0 spiro atoms. The van der Waals surface area contributed by atoms with Gasteiger partial charge in [0.1, 0.15) is 11.6 Å². The van der Waals surface area contributed by atoms with Gasteiger partial charge in [0.25, 0.3) is 11.8 Å². The number of benzene rings is 1. The SMILES string of the molecule is CN(C(=O)COC(=O)C(Cc1ccccc1)NC(=O)c1ccco1)C1(C#N)CCCCC1. The van der Waals surface area contributed by atoms with Crippen LogP contribution < -0.4 is 5.32 Å². The van der Waals surface area contributed by atoms with Gasteiger partial charge in [-0.3, -0.25) is 9.59 Å². The zero-order chi connectivity index (χ0) is 23.0. The lowest BCUT2D eigenvalue weighted by atomic mass is 9.81. The number of likely N-dealkylation sites (N-methyl/N-ethyl adjacent to an activating group) is 1. The number of furan rings is 1. The summed E-state index contributed by atoms with van der Waals surface area (Å²) in [5.41, 5.74) is -0.0399. The van der Waals surface area contributed by atoms with Gasteiger partial charge in [-0.15, -0.1) is 0 Å². The third-order valence-corrected chi connectivity index (χ3v) is 5.86. The van der Waals surface area contributed by atoms with Crippen LogP contribution in [0.5, 0.6) is 0 Å². The molecule has 1 aliphatic rings. The van der Waals surface area contributed by atoms with E-state index in [-0.39, 0.29) is 12.2 Å². The second-order valence-corrected chi connectivity index (χ2v) is 7.96. The average molecular weight is 437 g/mol. The summed E-state index contributed by atoms with van der Waals surface area (Å²) in [6, 6.07) is 13.5. The van der Waals surface area contributed by atoms with E-state index in [0.29, 0.717) is 12.8 Å². The fourth-order valence-electron chi connectivity index (χ4n) is 3.91. The molecule has 0 radical (unpaired) electrons. The molecule has 2 amide bonds. The van der Waals surface area contributed by atoms with Crippen molar-refractivity contribution in [1.82, 2.24) is 10.2 Å². The second kappa shape index (κ2) is 10.6. The van der Waals surface area contributed by atoms with E-state index in [9.17, 15) is 19.6 Å². The molecule has 1 N–H and O–H groups in total. The summed E-state index contributed by atoms with van der Waals surface area (Å²) in [7, 11) is 1.57. The first-order valence-corrected chi connectivity index (χ1v) is 10.7. The van der Waals surface area contributed by atoms with Gasteiger partial charge < -0.3 is 19.4 Å². The first-order valence-electron chi connectivity index (χ1n) is 10.7. The van der Waals surface area contributed by atoms with Gasteiger partial charge in [0.05, 0.1) is 12.3 Å². The van der Waals surface area contributed by atoms with Crippen molar-refractivity contribution in [2.45, 2.75) is 50.1 Å². The number of rotatable bonds is 8. The number of nitrogens with zero attached hydrogens (tertiary/aromatic N) is 2. The van der Waals surface area contributed by atoms with Gasteiger partial charge in [0.2, 0.25) is 0 Å². The number of esters is 1. The van der Waals surface area contributed by atoms with Crippen LogP contribution in [0.15, 0.2) is 53.1 Å². The van der Waals surface area contributed by atoms with Crippen LogP contribution in [-0.4, -0.2) is 47.9 Å². The average Bonchev–Trinajstić information content (AvgIpc) is 3.37. The molecule has 32 heavy (non-hydrogen) atoms. The van der Waals surface area contributed by atoms with Crippen molar-refractivity contribution in [3.63, 3.8) is 0 Å². The molecule has 8 heteroatoms. The van der Waals surface area contributed by atoms with Crippen LogP contribution in [0.2, 0.25) is 0 Å². The summed E-state index contributed by atoms with van der Waals surface area (Å²) in [6.07, 6.45) is 5.57. The summed E-state index contributed by atoms with van der Waals surface area (Å²) < 4.78 is 10.4. The normalized spacial score (nSPS) is 15.8. The molecule has 3 rings (SSSR count). The minimum Gasteiger partial charge on any atom is -0.459 e. The Balaban J connectivity index is 1.65. The van der Waals surface area contributed by atoms with Gasteiger partial charge in [-0.2, -0.15) is 5.26 Å². The smallest absolute Gasteiger partial charge is 0.329 e. The molecular formula is C24H27N3O5. The summed E-state index contributed by atoms with van der Waals surface area (Å²) in [5, 5.41) is 12.3. The third kappa shape index (κ3) is 5.55. The minimum atomic E-state index is -1.01. The first kappa shape index (κ1) is 23.1. The Kier molecular flexibility index (Phi) is 7.66. The van der Waals surface area contributed by atoms with Gasteiger partial charge in [-0.05, 0) is 30.5 Å². The Bertz CT molecular complexity index is 959. The maximum atomic E-state index is 12.8. The highest BCUT2D eigenvalue weighted by Gasteiger charge is 2.39. The zero-order valence-corrected chi connectivity index (χ0v) is 18.1. The number of carbonyl (C=O) groups excluding carboxylic acids is 3. The van der Waals surface area contributed by atoms with E-state index in [1.165, 1.54) is 17.2 Å². The van der Waals surface area contributed by atoms with Crippen LogP contribution in [0.25, 0.3) is 0 Å². The molecule has 1 unspecified atom stereocenters. The maximum Gasteiger partial charge on any atom is 0.329 e. The molecule has 1 aromatic carbocycles. The Morgan fingerprint density at radius 1 is 1.16 bits per heavy atom. The lowest BCUT2D eigenvalue weighted by molar-refractivity contribution is -0.155. The van der Waals surface area contributed by atoms with Crippen molar-refractivity contribution in [1.29, 1.82) is 5.26 Å². The van der Waals surface area contributed by atoms with Crippen LogP contribution in [0.1, 0.15) is 48.2 Å². The Hall–Kier alpha value is -3.60. The van der Waals surface area contributed by atoms with Crippen LogP contribution in [-0.2, 0) is 20.7 Å². The Morgan fingerprint density at radius 2 is 1.88 bits per heavy atom. The fourth-order valence-corrected chi connectivity index (χ4v) is 3.91. The molecule has 1 aliphatic carbocycles. The standard InChI is InChI=1S/C24H27N3O5/c1-27(24(17-25)12-6-3-7-13-24)21(28)16-32-23(30)19(15-18-9-4-2-5-10-18)26-22(29)20-11-8-14-31-20/h2,4-5,8-11,14,19H,3,6-7,12-13,15-16H2,1H3,(H,26,29). The molecule has 0 saturated heterocycles. The van der Waals surface area contributed by atoms with Gasteiger partial charge >= 0.3 is 5.97 Å². The molecule has 8 nitrogen and oxygen atoms in total. The first-order chi connectivity index (χ1) is 15.4. The topological polar surface area (TPSA) is 113 Å². The molecule has 1 saturated carbocycles. The lowest BCUT2D eigenvalue weighted by Crippen LogP contribution is -2.51. The molecule has 2 aromatic rings. The number of nitrogens with one attached hydrogen (secondary N) is 1. The number of carbonyl (C=O) groups is 3. The van der Waals surface area contributed by atoms with Crippen LogP contribution in [0.4, 0.5) is 0 Å². The minimum absolute atomic E-state index is 0.0694. The van der Waals surface area contributed by atoms with E-state index in [0.717, 1.165) is 24.8 Å². The predicted octanol–water partition coefficient (Wildman–Crippen LogP) is 2.85. The van der Waals surface area contributed by atoms with Crippen molar-refractivity contribution in [3.05, 3.63) is 60.1 Å². The summed E-state index contributed by atoms with van der Waals surface area (Å²) >= 11 is 0. The fraction of sp³-hybridized carbons (Fsp3) is 0.417. The monoisotopic (exact) mass is 437 g/mol.